The first-order valence-electron chi connectivity index (χ1n) is 5.63. The van der Waals surface area contributed by atoms with Crippen LogP contribution in [0.5, 0.6) is 5.75 Å². The molecule has 2 rings (SSSR count). The molecule has 2 aromatic carbocycles. The van der Waals surface area contributed by atoms with Gasteiger partial charge in [-0.15, -0.1) is 0 Å². The van der Waals surface area contributed by atoms with Crippen molar-refractivity contribution in [3.63, 3.8) is 0 Å². The fourth-order valence-corrected chi connectivity index (χ4v) is 2.41. The number of thiocarbonyl (C=S) groups is 1. The van der Waals surface area contributed by atoms with Crippen LogP contribution in [0, 0.1) is 0 Å². The van der Waals surface area contributed by atoms with Crippen LogP contribution < -0.4 is 10.5 Å². The zero-order valence-electron chi connectivity index (χ0n) is 10.2. The minimum absolute atomic E-state index is 0.256. The second kappa shape index (κ2) is 6.64. The summed E-state index contributed by atoms with van der Waals surface area (Å²) in [5.74, 6) is 0.626. The number of hydrogen-bond acceptors (Lipinski definition) is 2. The Morgan fingerprint density at radius 1 is 1.00 bits per heavy atom. The van der Waals surface area contributed by atoms with Crippen LogP contribution >= 0.6 is 47.0 Å². The van der Waals surface area contributed by atoms with Crippen molar-refractivity contribution in [3.8, 4) is 5.75 Å². The topological polar surface area (TPSA) is 35.2 Å². The lowest BCUT2D eigenvalue weighted by Crippen LogP contribution is -2.09. The SMILES string of the molecule is NC(=S)c1ccc(OCc2ccc(Cl)c(Cl)c2)cc1Cl. The molecule has 0 fully saturated rings. The smallest absolute Gasteiger partial charge is 0.121 e. The molecule has 0 spiro atoms. The molecule has 0 saturated carbocycles. The molecule has 0 bridgehead atoms. The maximum atomic E-state index is 6.07. The van der Waals surface area contributed by atoms with E-state index in [-0.39, 0.29) is 4.99 Å². The molecule has 0 radical (unpaired) electrons. The molecule has 0 aromatic heterocycles. The second-order valence-electron chi connectivity index (χ2n) is 4.04. The Kier molecular flexibility index (Phi) is 5.11. The van der Waals surface area contributed by atoms with Crippen LogP contribution in [0.2, 0.25) is 15.1 Å². The molecule has 0 saturated heterocycles. The number of halogens is 3. The van der Waals surface area contributed by atoms with Crippen LogP contribution in [0.4, 0.5) is 0 Å². The first kappa shape index (κ1) is 15.4. The Balaban J connectivity index is 2.09. The highest BCUT2D eigenvalue weighted by Crippen LogP contribution is 2.25. The lowest BCUT2D eigenvalue weighted by Gasteiger charge is -2.09. The number of rotatable bonds is 4. The van der Waals surface area contributed by atoms with Gasteiger partial charge in [-0.3, -0.25) is 0 Å². The maximum absolute atomic E-state index is 6.07. The van der Waals surface area contributed by atoms with Crippen molar-refractivity contribution < 1.29 is 4.74 Å². The van der Waals surface area contributed by atoms with Crippen molar-refractivity contribution in [3.05, 3.63) is 62.6 Å². The third-order valence-electron chi connectivity index (χ3n) is 2.60. The van der Waals surface area contributed by atoms with Gasteiger partial charge in [0.25, 0.3) is 0 Å². The van der Waals surface area contributed by atoms with E-state index in [9.17, 15) is 0 Å². The van der Waals surface area contributed by atoms with E-state index in [1.807, 2.05) is 6.07 Å². The standard InChI is InChI=1S/C14H10Cl3NOS/c15-11-4-1-8(5-13(11)17)7-19-9-2-3-10(14(18)20)12(16)6-9/h1-6H,7H2,(H2,18,20). The van der Waals surface area contributed by atoms with Crippen LogP contribution in [-0.4, -0.2) is 4.99 Å². The average molecular weight is 347 g/mol. The van der Waals surface area contributed by atoms with Crippen LogP contribution in [0.1, 0.15) is 11.1 Å². The van der Waals surface area contributed by atoms with Crippen molar-refractivity contribution >= 4 is 52.0 Å². The van der Waals surface area contributed by atoms with Crippen molar-refractivity contribution in [2.45, 2.75) is 6.61 Å². The van der Waals surface area contributed by atoms with Crippen molar-refractivity contribution in [1.82, 2.24) is 0 Å². The van der Waals surface area contributed by atoms with E-state index < -0.39 is 0 Å². The molecule has 0 aliphatic heterocycles. The van der Waals surface area contributed by atoms with Gasteiger partial charge in [0.1, 0.15) is 17.3 Å². The summed E-state index contributed by atoms with van der Waals surface area (Å²) in [6, 6.07) is 10.5. The number of benzene rings is 2. The first-order chi connectivity index (χ1) is 9.47. The third-order valence-corrected chi connectivity index (χ3v) is 3.87. The lowest BCUT2D eigenvalue weighted by atomic mass is 10.2. The van der Waals surface area contributed by atoms with Gasteiger partial charge in [0.05, 0.1) is 15.1 Å². The number of hydrogen-bond donors (Lipinski definition) is 1. The van der Waals surface area contributed by atoms with Crippen LogP contribution in [0.15, 0.2) is 36.4 Å². The lowest BCUT2D eigenvalue weighted by molar-refractivity contribution is 0.306. The third kappa shape index (κ3) is 3.76. The van der Waals surface area contributed by atoms with E-state index in [0.29, 0.717) is 33.0 Å². The van der Waals surface area contributed by atoms with Gasteiger partial charge in [0.2, 0.25) is 0 Å². The quantitative estimate of drug-likeness (QED) is 0.803. The Morgan fingerprint density at radius 2 is 1.75 bits per heavy atom. The first-order valence-corrected chi connectivity index (χ1v) is 7.17. The molecule has 0 heterocycles. The molecular formula is C14H10Cl3NOS. The van der Waals surface area contributed by atoms with E-state index in [1.165, 1.54) is 0 Å². The number of nitrogens with two attached hydrogens (primary N) is 1. The Hall–Kier alpha value is -1.000. The minimum Gasteiger partial charge on any atom is -0.489 e. The predicted molar refractivity (Wildman–Crippen MR) is 88.1 cm³/mol. The Morgan fingerprint density at radius 3 is 2.35 bits per heavy atom. The summed E-state index contributed by atoms with van der Waals surface area (Å²) in [5.41, 5.74) is 7.08. The van der Waals surface area contributed by atoms with Crippen molar-refractivity contribution in [1.29, 1.82) is 0 Å². The summed E-state index contributed by atoms with van der Waals surface area (Å²) in [4.78, 5) is 0.256. The molecular weight excluding hydrogens is 337 g/mol. The summed E-state index contributed by atoms with van der Waals surface area (Å²) < 4.78 is 5.63. The molecule has 2 nitrogen and oxygen atoms in total. The molecule has 104 valence electrons. The molecule has 0 aliphatic rings. The number of ether oxygens (including phenoxy) is 1. The molecule has 2 N–H and O–H groups in total. The molecule has 0 aliphatic carbocycles. The fraction of sp³-hybridized carbons (Fsp3) is 0.0714. The van der Waals surface area contributed by atoms with E-state index in [1.54, 1.807) is 30.3 Å². The largest absolute Gasteiger partial charge is 0.489 e. The highest BCUT2D eigenvalue weighted by molar-refractivity contribution is 7.80. The maximum Gasteiger partial charge on any atom is 0.121 e. The van der Waals surface area contributed by atoms with E-state index in [0.717, 1.165) is 5.56 Å². The minimum atomic E-state index is 0.256. The van der Waals surface area contributed by atoms with E-state index in [2.05, 4.69) is 0 Å². The normalized spacial score (nSPS) is 10.3. The van der Waals surface area contributed by atoms with Crippen molar-refractivity contribution in [2.75, 3.05) is 0 Å². The van der Waals surface area contributed by atoms with Gasteiger partial charge in [-0.2, -0.15) is 0 Å². The van der Waals surface area contributed by atoms with Gasteiger partial charge in [-0.05, 0) is 35.9 Å². The average Bonchev–Trinajstić information content (AvgIpc) is 2.40. The second-order valence-corrected chi connectivity index (χ2v) is 5.70. The van der Waals surface area contributed by atoms with Crippen LogP contribution in [0.25, 0.3) is 0 Å². The summed E-state index contributed by atoms with van der Waals surface area (Å²) in [5, 5.41) is 1.47. The van der Waals surface area contributed by atoms with E-state index >= 15 is 0 Å². The molecule has 20 heavy (non-hydrogen) atoms. The summed E-state index contributed by atoms with van der Waals surface area (Å²) in [7, 11) is 0. The molecule has 0 unspecified atom stereocenters. The van der Waals surface area contributed by atoms with Gasteiger partial charge in [-0.1, -0.05) is 53.1 Å². The van der Waals surface area contributed by atoms with Crippen LogP contribution in [-0.2, 0) is 6.61 Å². The molecule has 0 atom stereocenters. The monoisotopic (exact) mass is 345 g/mol. The van der Waals surface area contributed by atoms with Gasteiger partial charge >= 0.3 is 0 Å². The molecule has 6 heteroatoms. The summed E-state index contributed by atoms with van der Waals surface area (Å²) >= 11 is 22.7. The zero-order valence-corrected chi connectivity index (χ0v) is 13.3. The van der Waals surface area contributed by atoms with Gasteiger partial charge < -0.3 is 10.5 Å². The van der Waals surface area contributed by atoms with Crippen LogP contribution in [0.3, 0.4) is 0 Å². The van der Waals surface area contributed by atoms with Gasteiger partial charge in [0, 0.05) is 5.56 Å². The highest BCUT2D eigenvalue weighted by Gasteiger charge is 2.06. The molecule has 0 amide bonds. The highest BCUT2D eigenvalue weighted by atomic mass is 35.5. The summed E-state index contributed by atoms with van der Waals surface area (Å²) in [6.45, 7) is 0.361. The fourth-order valence-electron chi connectivity index (χ4n) is 1.58. The zero-order chi connectivity index (χ0) is 14.7. The Labute approximate surface area is 137 Å². The summed E-state index contributed by atoms with van der Waals surface area (Å²) in [6.07, 6.45) is 0. The van der Waals surface area contributed by atoms with E-state index in [4.69, 9.17) is 57.5 Å². The van der Waals surface area contributed by atoms with Crippen molar-refractivity contribution in [2.24, 2.45) is 5.73 Å². The Bertz CT molecular complexity index is 661. The van der Waals surface area contributed by atoms with Gasteiger partial charge in [0.15, 0.2) is 0 Å². The van der Waals surface area contributed by atoms with Gasteiger partial charge in [-0.25, -0.2) is 0 Å². The predicted octanol–water partition coefficient (Wildman–Crippen LogP) is 4.86. The molecule has 2 aromatic rings.